The zero-order chi connectivity index (χ0) is 21.1. The van der Waals surface area contributed by atoms with Crippen LogP contribution in [0.2, 0.25) is 5.02 Å². The molecule has 1 heterocycles. The molecule has 11 heteroatoms. The molecule has 0 aliphatic heterocycles. The highest BCUT2D eigenvalue weighted by Crippen LogP contribution is 2.34. The number of anilines is 1. The first-order chi connectivity index (χ1) is 12.9. The molecular formula is C17H15ClF6N4. The number of alkyl halides is 6. The van der Waals surface area contributed by atoms with Gasteiger partial charge < -0.3 is 16.4 Å². The zero-order valence-corrected chi connectivity index (χ0v) is 14.9. The Labute approximate surface area is 161 Å². The Kier molecular flexibility index (Phi) is 6.45. The van der Waals surface area contributed by atoms with Gasteiger partial charge in [-0.3, -0.25) is 4.98 Å². The fourth-order valence-electron chi connectivity index (χ4n) is 2.13. The van der Waals surface area contributed by atoms with Crippen molar-refractivity contribution < 1.29 is 26.3 Å². The van der Waals surface area contributed by atoms with E-state index >= 15 is 0 Å². The summed E-state index contributed by atoms with van der Waals surface area (Å²) in [5, 5.41) is 5.56. The van der Waals surface area contributed by atoms with Crippen LogP contribution in [-0.2, 0) is 12.7 Å². The lowest BCUT2D eigenvalue weighted by Crippen LogP contribution is -2.28. The predicted molar refractivity (Wildman–Crippen MR) is 93.3 cm³/mol. The topological polar surface area (TPSA) is 63.0 Å². The standard InChI is InChI=1S/C17H15ClF6N4/c1-9(26-7-10-2-5-14(27-8-10)16(19,20)21)28-13-4-3-11(6-12(13)18)15(25)17(22,23)24/h2-6,8,15,26,28H,1,7,25H2. The third kappa shape index (κ3) is 5.77. The van der Waals surface area contributed by atoms with Gasteiger partial charge in [0.15, 0.2) is 0 Å². The summed E-state index contributed by atoms with van der Waals surface area (Å²) in [6, 6.07) is 3.54. The van der Waals surface area contributed by atoms with Crippen LogP contribution in [-0.4, -0.2) is 11.2 Å². The van der Waals surface area contributed by atoms with Crippen LogP contribution in [0.5, 0.6) is 0 Å². The number of benzene rings is 1. The number of hydrogen-bond acceptors (Lipinski definition) is 4. The average molecular weight is 425 g/mol. The molecule has 0 fully saturated rings. The molecule has 2 rings (SSSR count). The molecule has 28 heavy (non-hydrogen) atoms. The van der Waals surface area contributed by atoms with Crippen LogP contribution in [0, 0.1) is 0 Å². The van der Waals surface area contributed by atoms with Crippen LogP contribution in [0.3, 0.4) is 0 Å². The molecular weight excluding hydrogens is 410 g/mol. The van der Waals surface area contributed by atoms with Crippen molar-refractivity contribution in [1.29, 1.82) is 0 Å². The van der Waals surface area contributed by atoms with Gasteiger partial charge in [-0.25, -0.2) is 0 Å². The van der Waals surface area contributed by atoms with Gasteiger partial charge in [-0.15, -0.1) is 0 Å². The molecule has 0 amide bonds. The largest absolute Gasteiger partial charge is 0.433 e. The van der Waals surface area contributed by atoms with E-state index in [0.29, 0.717) is 5.56 Å². The van der Waals surface area contributed by atoms with Gasteiger partial charge in [-0.2, -0.15) is 26.3 Å². The average Bonchev–Trinajstić information content (AvgIpc) is 2.60. The van der Waals surface area contributed by atoms with Crippen LogP contribution in [0.15, 0.2) is 48.9 Å². The normalized spacial score (nSPS) is 13.1. The minimum absolute atomic E-state index is 0.00338. The van der Waals surface area contributed by atoms with E-state index in [1.54, 1.807) is 0 Å². The molecule has 0 radical (unpaired) electrons. The summed E-state index contributed by atoms with van der Waals surface area (Å²) in [4.78, 5) is 3.33. The first-order valence-corrected chi connectivity index (χ1v) is 8.09. The minimum atomic E-state index is -4.60. The number of nitrogens with one attached hydrogen (secondary N) is 2. The number of halogens is 7. The summed E-state index contributed by atoms with van der Waals surface area (Å²) >= 11 is 5.97. The van der Waals surface area contributed by atoms with Crippen molar-refractivity contribution >= 4 is 17.3 Å². The predicted octanol–water partition coefficient (Wildman–Crippen LogP) is 4.99. The summed E-state index contributed by atoms with van der Waals surface area (Å²) in [6.07, 6.45) is -8.04. The van der Waals surface area contributed by atoms with Crippen molar-refractivity contribution in [3.63, 3.8) is 0 Å². The second-order valence-electron chi connectivity index (χ2n) is 5.77. The quantitative estimate of drug-likeness (QED) is 0.572. The number of aromatic nitrogens is 1. The van der Waals surface area contributed by atoms with Crippen molar-refractivity contribution in [3.05, 3.63) is 70.8 Å². The van der Waals surface area contributed by atoms with E-state index in [2.05, 4.69) is 22.2 Å². The van der Waals surface area contributed by atoms with Crippen LogP contribution < -0.4 is 16.4 Å². The second kappa shape index (κ2) is 8.27. The molecule has 1 aromatic carbocycles. The van der Waals surface area contributed by atoms with Crippen molar-refractivity contribution in [1.82, 2.24) is 10.3 Å². The fourth-order valence-corrected chi connectivity index (χ4v) is 2.36. The first kappa shape index (κ1) is 21.8. The number of rotatable bonds is 6. The van der Waals surface area contributed by atoms with Crippen molar-refractivity contribution in [2.24, 2.45) is 5.73 Å². The maximum atomic E-state index is 12.7. The number of hydrogen-bond donors (Lipinski definition) is 3. The lowest BCUT2D eigenvalue weighted by Gasteiger charge is -2.18. The summed E-state index contributed by atoms with van der Waals surface area (Å²) in [7, 11) is 0. The van der Waals surface area contributed by atoms with Gasteiger partial charge in [0.2, 0.25) is 0 Å². The molecule has 2 aromatic rings. The third-order valence-corrected chi connectivity index (χ3v) is 3.92. The van der Waals surface area contributed by atoms with Gasteiger partial charge >= 0.3 is 12.4 Å². The van der Waals surface area contributed by atoms with E-state index in [-0.39, 0.29) is 28.6 Å². The lowest BCUT2D eigenvalue weighted by molar-refractivity contribution is -0.149. The highest BCUT2D eigenvalue weighted by Gasteiger charge is 2.38. The van der Waals surface area contributed by atoms with E-state index in [4.69, 9.17) is 17.3 Å². The Balaban J connectivity index is 1.96. The first-order valence-electron chi connectivity index (χ1n) is 7.71. The molecule has 0 spiro atoms. The minimum Gasteiger partial charge on any atom is -0.368 e. The summed E-state index contributed by atoms with van der Waals surface area (Å²) in [5.74, 6) is 0.231. The van der Waals surface area contributed by atoms with E-state index in [9.17, 15) is 26.3 Å². The number of nitrogens with two attached hydrogens (primary N) is 1. The molecule has 152 valence electrons. The maximum absolute atomic E-state index is 12.7. The SMILES string of the molecule is C=C(NCc1ccc(C(F)(F)F)nc1)Nc1ccc(C(N)C(F)(F)F)cc1Cl. The summed E-state index contributed by atoms with van der Waals surface area (Å²) in [5.41, 5.74) is 4.68. The molecule has 0 aliphatic rings. The van der Waals surface area contributed by atoms with Crippen molar-refractivity contribution in [2.75, 3.05) is 5.32 Å². The molecule has 4 N–H and O–H groups in total. The van der Waals surface area contributed by atoms with Crippen LogP contribution in [0.1, 0.15) is 22.9 Å². The van der Waals surface area contributed by atoms with Gasteiger partial charge in [0.05, 0.1) is 16.5 Å². The van der Waals surface area contributed by atoms with E-state index in [1.807, 2.05) is 0 Å². The molecule has 0 saturated carbocycles. The molecule has 0 bridgehead atoms. The van der Waals surface area contributed by atoms with Gasteiger partial charge in [0.25, 0.3) is 0 Å². The van der Waals surface area contributed by atoms with Gasteiger partial charge in [-0.05, 0) is 29.3 Å². The molecule has 4 nitrogen and oxygen atoms in total. The molecule has 1 atom stereocenters. The Bertz CT molecular complexity index is 833. The number of nitrogens with zero attached hydrogens (tertiary/aromatic N) is 1. The molecule has 1 unspecified atom stereocenters. The fraction of sp³-hybridized carbons (Fsp3) is 0.235. The Hall–Kier alpha value is -2.46. The Morgan fingerprint density at radius 1 is 1.14 bits per heavy atom. The smallest absolute Gasteiger partial charge is 0.368 e. The molecule has 1 aromatic heterocycles. The monoisotopic (exact) mass is 424 g/mol. The number of pyridine rings is 1. The highest BCUT2D eigenvalue weighted by molar-refractivity contribution is 6.33. The van der Waals surface area contributed by atoms with Crippen LogP contribution >= 0.6 is 11.6 Å². The molecule has 0 saturated heterocycles. The van der Waals surface area contributed by atoms with Gasteiger partial charge in [-0.1, -0.05) is 30.3 Å². The molecule has 0 aliphatic carbocycles. The Morgan fingerprint density at radius 3 is 2.32 bits per heavy atom. The van der Waals surface area contributed by atoms with E-state index in [0.717, 1.165) is 18.3 Å². The van der Waals surface area contributed by atoms with Crippen molar-refractivity contribution in [2.45, 2.75) is 24.9 Å². The maximum Gasteiger partial charge on any atom is 0.433 e. The zero-order valence-electron chi connectivity index (χ0n) is 14.1. The van der Waals surface area contributed by atoms with E-state index in [1.165, 1.54) is 18.2 Å². The summed E-state index contributed by atoms with van der Waals surface area (Å²) in [6.45, 7) is 3.79. The third-order valence-electron chi connectivity index (χ3n) is 3.61. The Morgan fingerprint density at radius 2 is 1.82 bits per heavy atom. The van der Waals surface area contributed by atoms with Crippen molar-refractivity contribution in [3.8, 4) is 0 Å². The second-order valence-corrected chi connectivity index (χ2v) is 6.17. The van der Waals surface area contributed by atoms with Crippen LogP contribution in [0.4, 0.5) is 32.0 Å². The lowest BCUT2D eigenvalue weighted by atomic mass is 10.1. The van der Waals surface area contributed by atoms with Crippen LogP contribution in [0.25, 0.3) is 0 Å². The highest BCUT2D eigenvalue weighted by atomic mass is 35.5. The van der Waals surface area contributed by atoms with Gasteiger partial charge in [0, 0.05) is 12.7 Å². The summed E-state index contributed by atoms with van der Waals surface area (Å²) < 4.78 is 75.4. The van der Waals surface area contributed by atoms with Gasteiger partial charge in [0.1, 0.15) is 11.7 Å². The van der Waals surface area contributed by atoms with E-state index < -0.39 is 24.1 Å².